The first-order valence-electron chi connectivity index (χ1n) is 6.10. The molecule has 2 rings (SSSR count). The first-order valence-corrected chi connectivity index (χ1v) is 6.10. The third kappa shape index (κ3) is 2.15. The van der Waals surface area contributed by atoms with Crippen LogP contribution < -0.4 is 9.47 Å². The number of hydrogen-bond acceptors (Lipinski definition) is 4. The number of ether oxygens (including phenoxy) is 3. The minimum Gasteiger partial charge on any atom is -0.496 e. The summed E-state index contributed by atoms with van der Waals surface area (Å²) in [7, 11) is 3.28. The Hall–Kier alpha value is -1.71. The van der Waals surface area contributed by atoms with Crippen molar-refractivity contribution in [2.24, 2.45) is 5.92 Å². The van der Waals surface area contributed by atoms with E-state index in [1.165, 1.54) is 0 Å². The highest BCUT2D eigenvalue weighted by atomic mass is 16.5. The zero-order valence-electron chi connectivity index (χ0n) is 11.0. The van der Waals surface area contributed by atoms with E-state index in [0.29, 0.717) is 19.4 Å². The molecule has 4 heteroatoms. The van der Waals surface area contributed by atoms with Gasteiger partial charge < -0.3 is 14.2 Å². The molecule has 18 heavy (non-hydrogen) atoms. The topological polar surface area (TPSA) is 44.8 Å². The number of esters is 1. The summed E-state index contributed by atoms with van der Waals surface area (Å²) >= 11 is 0. The second-order valence-corrected chi connectivity index (χ2v) is 4.28. The van der Waals surface area contributed by atoms with Gasteiger partial charge in [-0.05, 0) is 31.9 Å². The minimum absolute atomic E-state index is 0.120. The summed E-state index contributed by atoms with van der Waals surface area (Å²) in [5.74, 6) is 1.37. The molecule has 0 heterocycles. The van der Waals surface area contributed by atoms with Crippen molar-refractivity contribution >= 4 is 5.97 Å². The lowest BCUT2D eigenvalue weighted by Crippen LogP contribution is -2.17. The lowest BCUT2D eigenvalue weighted by atomic mass is 10.1. The Morgan fingerprint density at radius 3 is 2.06 bits per heavy atom. The van der Waals surface area contributed by atoms with Crippen molar-refractivity contribution < 1.29 is 19.0 Å². The van der Waals surface area contributed by atoms with E-state index in [1.807, 2.05) is 19.1 Å². The van der Waals surface area contributed by atoms with Gasteiger partial charge in [-0.25, -0.2) is 0 Å². The summed E-state index contributed by atoms with van der Waals surface area (Å²) in [5.41, 5.74) is 2.13. The predicted octanol–water partition coefficient (Wildman–Crippen LogP) is 1.98. The quantitative estimate of drug-likeness (QED) is 0.766. The molecule has 0 spiro atoms. The molecule has 1 aliphatic rings. The Labute approximate surface area is 107 Å². The number of methoxy groups -OCH3 is 2. The van der Waals surface area contributed by atoms with Gasteiger partial charge in [-0.2, -0.15) is 0 Å². The highest BCUT2D eigenvalue weighted by Gasteiger charge is 2.32. The highest BCUT2D eigenvalue weighted by molar-refractivity contribution is 5.75. The molecular formula is C14H18O4. The maximum atomic E-state index is 11.8. The maximum absolute atomic E-state index is 11.8. The number of benzene rings is 1. The van der Waals surface area contributed by atoms with E-state index in [4.69, 9.17) is 14.2 Å². The first kappa shape index (κ1) is 12.7. The van der Waals surface area contributed by atoms with Crippen LogP contribution in [0.15, 0.2) is 12.1 Å². The molecule has 0 bridgehead atoms. The number of carbonyl (C=O) groups is 1. The van der Waals surface area contributed by atoms with Gasteiger partial charge in [-0.3, -0.25) is 4.79 Å². The van der Waals surface area contributed by atoms with Crippen molar-refractivity contribution in [2.45, 2.75) is 19.8 Å². The van der Waals surface area contributed by atoms with E-state index in [0.717, 1.165) is 22.6 Å². The fourth-order valence-electron chi connectivity index (χ4n) is 2.47. The zero-order chi connectivity index (χ0) is 13.1. The van der Waals surface area contributed by atoms with E-state index in [9.17, 15) is 4.79 Å². The number of hydrogen-bond donors (Lipinski definition) is 0. The second kappa shape index (κ2) is 5.29. The van der Waals surface area contributed by atoms with Crippen LogP contribution in [0.3, 0.4) is 0 Å². The Kier molecular flexibility index (Phi) is 3.75. The van der Waals surface area contributed by atoms with Crippen LogP contribution in [0.5, 0.6) is 11.5 Å². The number of fused-ring (bicyclic) bond motifs is 1. The van der Waals surface area contributed by atoms with Crippen LogP contribution in [0.4, 0.5) is 0 Å². The summed E-state index contributed by atoms with van der Waals surface area (Å²) in [6, 6.07) is 3.76. The zero-order valence-corrected chi connectivity index (χ0v) is 11.0. The molecule has 0 atom stereocenters. The Bertz CT molecular complexity index is 420. The van der Waals surface area contributed by atoms with Gasteiger partial charge in [0.25, 0.3) is 0 Å². The minimum atomic E-state index is -0.141. The van der Waals surface area contributed by atoms with Gasteiger partial charge in [-0.15, -0.1) is 0 Å². The molecule has 1 aromatic carbocycles. The number of rotatable bonds is 4. The monoisotopic (exact) mass is 250 g/mol. The van der Waals surface area contributed by atoms with Gasteiger partial charge in [-0.1, -0.05) is 0 Å². The smallest absolute Gasteiger partial charge is 0.309 e. The molecule has 0 saturated heterocycles. The van der Waals surface area contributed by atoms with Crippen molar-refractivity contribution in [1.29, 1.82) is 0 Å². The van der Waals surface area contributed by atoms with Gasteiger partial charge in [0, 0.05) is 11.1 Å². The van der Waals surface area contributed by atoms with Crippen LogP contribution in [-0.4, -0.2) is 26.8 Å². The molecule has 1 aromatic rings. The van der Waals surface area contributed by atoms with Crippen molar-refractivity contribution in [1.82, 2.24) is 0 Å². The molecule has 0 aromatic heterocycles. The summed E-state index contributed by atoms with van der Waals surface area (Å²) in [6.45, 7) is 2.24. The molecule has 1 aliphatic carbocycles. The molecule has 0 aliphatic heterocycles. The summed E-state index contributed by atoms with van der Waals surface area (Å²) < 4.78 is 15.8. The summed E-state index contributed by atoms with van der Waals surface area (Å²) in [4.78, 5) is 11.8. The van der Waals surface area contributed by atoms with Crippen LogP contribution >= 0.6 is 0 Å². The molecule has 0 radical (unpaired) electrons. The van der Waals surface area contributed by atoms with Crippen molar-refractivity contribution in [3.05, 3.63) is 23.3 Å². The Balaban J connectivity index is 2.29. The molecule has 0 fully saturated rings. The average Bonchev–Trinajstić information content (AvgIpc) is 2.82. The van der Waals surface area contributed by atoms with Gasteiger partial charge >= 0.3 is 5.97 Å². The lowest BCUT2D eigenvalue weighted by molar-refractivity contribution is -0.147. The van der Waals surface area contributed by atoms with E-state index in [2.05, 4.69) is 0 Å². The molecule has 0 unspecified atom stereocenters. The molecule has 0 saturated carbocycles. The highest BCUT2D eigenvalue weighted by Crippen LogP contribution is 2.39. The largest absolute Gasteiger partial charge is 0.496 e. The SMILES string of the molecule is CCOC(=O)C1Cc2c(OC)ccc(OC)c2C1. The molecule has 4 nitrogen and oxygen atoms in total. The molecule has 98 valence electrons. The fourth-order valence-corrected chi connectivity index (χ4v) is 2.47. The second-order valence-electron chi connectivity index (χ2n) is 4.28. The normalized spacial score (nSPS) is 14.2. The van der Waals surface area contributed by atoms with Crippen molar-refractivity contribution in [3.63, 3.8) is 0 Å². The van der Waals surface area contributed by atoms with Gasteiger partial charge in [0.2, 0.25) is 0 Å². The summed E-state index contributed by atoms with van der Waals surface area (Å²) in [5, 5.41) is 0. The van der Waals surface area contributed by atoms with E-state index in [1.54, 1.807) is 14.2 Å². The van der Waals surface area contributed by atoms with Crippen LogP contribution in [0, 0.1) is 5.92 Å². The average molecular weight is 250 g/mol. The van der Waals surface area contributed by atoms with E-state index < -0.39 is 0 Å². The lowest BCUT2D eigenvalue weighted by Gasteiger charge is -2.10. The third-order valence-electron chi connectivity index (χ3n) is 3.31. The van der Waals surface area contributed by atoms with Gasteiger partial charge in [0.15, 0.2) is 0 Å². The first-order chi connectivity index (χ1) is 8.71. The fraction of sp³-hybridized carbons (Fsp3) is 0.500. The van der Waals surface area contributed by atoms with Crippen molar-refractivity contribution in [2.75, 3.05) is 20.8 Å². The Morgan fingerprint density at radius 2 is 1.67 bits per heavy atom. The summed E-state index contributed by atoms with van der Waals surface area (Å²) in [6.07, 6.45) is 1.32. The number of carbonyl (C=O) groups excluding carboxylic acids is 1. The van der Waals surface area contributed by atoms with Gasteiger partial charge in [0.1, 0.15) is 11.5 Å². The van der Waals surface area contributed by atoms with Crippen LogP contribution in [0.2, 0.25) is 0 Å². The predicted molar refractivity (Wildman–Crippen MR) is 67.1 cm³/mol. The van der Waals surface area contributed by atoms with Crippen LogP contribution in [0.1, 0.15) is 18.1 Å². The molecule has 0 amide bonds. The standard InChI is InChI=1S/C14H18O4/c1-4-18-14(15)9-7-10-11(8-9)13(17-3)6-5-12(10)16-2/h5-6,9H,4,7-8H2,1-3H3. The maximum Gasteiger partial charge on any atom is 0.309 e. The van der Waals surface area contributed by atoms with Crippen LogP contribution in [0.25, 0.3) is 0 Å². The van der Waals surface area contributed by atoms with E-state index >= 15 is 0 Å². The van der Waals surface area contributed by atoms with Crippen molar-refractivity contribution in [3.8, 4) is 11.5 Å². The van der Waals surface area contributed by atoms with E-state index in [-0.39, 0.29) is 11.9 Å². The molecular weight excluding hydrogens is 232 g/mol. The third-order valence-corrected chi connectivity index (χ3v) is 3.31. The van der Waals surface area contributed by atoms with Crippen LogP contribution in [-0.2, 0) is 22.4 Å². The van der Waals surface area contributed by atoms with Gasteiger partial charge in [0.05, 0.1) is 26.7 Å². The molecule has 0 N–H and O–H groups in total. The Morgan fingerprint density at radius 1 is 1.17 bits per heavy atom.